The van der Waals surface area contributed by atoms with Crippen molar-refractivity contribution in [1.82, 2.24) is 10.2 Å². The predicted octanol–water partition coefficient (Wildman–Crippen LogP) is 3.03. The second-order valence-electron chi connectivity index (χ2n) is 7.34. The van der Waals surface area contributed by atoms with E-state index in [-0.39, 0.29) is 0 Å². The topological polar surface area (TPSA) is 15.3 Å². The Labute approximate surface area is 113 Å². The van der Waals surface area contributed by atoms with E-state index in [1.54, 1.807) is 0 Å². The van der Waals surface area contributed by atoms with E-state index in [9.17, 15) is 0 Å². The van der Waals surface area contributed by atoms with Crippen LogP contribution in [-0.2, 0) is 0 Å². The van der Waals surface area contributed by atoms with Gasteiger partial charge in [-0.05, 0) is 37.6 Å². The van der Waals surface area contributed by atoms with Crippen molar-refractivity contribution < 1.29 is 0 Å². The van der Waals surface area contributed by atoms with Crippen molar-refractivity contribution in [2.45, 2.75) is 70.4 Å². The first-order chi connectivity index (χ1) is 8.70. The standard InChI is InChI=1S/C16H30N2/c1-13(2)15-11-18(10-7-14-5-6-14)16(12-17-15)8-3-4-9-16/h13-15,17H,3-12H2,1-2H3. The van der Waals surface area contributed by atoms with Crippen molar-refractivity contribution in [3.63, 3.8) is 0 Å². The van der Waals surface area contributed by atoms with Gasteiger partial charge in [0.05, 0.1) is 0 Å². The molecule has 2 aliphatic carbocycles. The molecular weight excluding hydrogens is 220 g/mol. The van der Waals surface area contributed by atoms with E-state index in [1.165, 1.54) is 64.6 Å². The SMILES string of the molecule is CC(C)C1CN(CCC2CC2)C2(CCCC2)CN1. The number of nitrogens with one attached hydrogen (secondary N) is 1. The molecule has 2 saturated carbocycles. The van der Waals surface area contributed by atoms with Crippen molar-refractivity contribution in [2.75, 3.05) is 19.6 Å². The lowest BCUT2D eigenvalue weighted by atomic mass is 9.88. The van der Waals surface area contributed by atoms with Gasteiger partial charge < -0.3 is 5.32 Å². The third kappa shape index (κ3) is 2.60. The summed E-state index contributed by atoms with van der Waals surface area (Å²) in [7, 11) is 0. The molecule has 1 aliphatic heterocycles. The molecule has 1 unspecified atom stereocenters. The molecule has 0 aromatic rings. The van der Waals surface area contributed by atoms with Crippen LogP contribution in [0.4, 0.5) is 0 Å². The fourth-order valence-corrected chi connectivity index (χ4v) is 3.97. The molecule has 3 fully saturated rings. The van der Waals surface area contributed by atoms with Crippen LogP contribution in [0.3, 0.4) is 0 Å². The number of hydrogen-bond donors (Lipinski definition) is 1. The number of piperazine rings is 1. The Balaban J connectivity index is 1.64. The molecule has 1 heterocycles. The van der Waals surface area contributed by atoms with Gasteiger partial charge in [0.15, 0.2) is 0 Å². The molecule has 3 rings (SSSR count). The number of nitrogens with zero attached hydrogens (tertiary/aromatic N) is 1. The predicted molar refractivity (Wildman–Crippen MR) is 76.7 cm³/mol. The molecular formula is C16H30N2. The van der Waals surface area contributed by atoms with Crippen LogP contribution in [0.5, 0.6) is 0 Å². The van der Waals surface area contributed by atoms with Gasteiger partial charge in [-0.2, -0.15) is 0 Å². The molecule has 2 heteroatoms. The Morgan fingerprint density at radius 3 is 2.56 bits per heavy atom. The molecule has 1 saturated heterocycles. The van der Waals surface area contributed by atoms with Gasteiger partial charge in [0, 0.05) is 24.7 Å². The summed E-state index contributed by atoms with van der Waals surface area (Å²) < 4.78 is 0. The van der Waals surface area contributed by atoms with Crippen molar-refractivity contribution in [1.29, 1.82) is 0 Å². The second kappa shape index (κ2) is 5.13. The van der Waals surface area contributed by atoms with Gasteiger partial charge in [-0.15, -0.1) is 0 Å². The summed E-state index contributed by atoms with van der Waals surface area (Å²) >= 11 is 0. The van der Waals surface area contributed by atoms with Gasteiger partial charge in [-0.1, -0.05) is 39.5 Å². The van der Waals surface area contributed by atoms with E-state index < -0.39 is 0 Å². The van der Waals surface area contributed by atoms with Crippen molar-refractivity contribution in [2.24, 2.45) is 11.8 Å². The minimum absolute atomic E-state index is 0.542. The fourth-order valence-electron chi connectivity index (χ4n) is 3.97. The van der Waals surface area contributed by atoms with E-state index >= 15 is 0 Å². The van der Waals surface area contributed by atoms with E-state index in [1.807, 2.05) is 0 Å². The van der Waals surface area contributed by atoms with Gasteiger partial charge in [-0.3, -0.25) is 4.90 Å². The first-order valence-corrected chi connectivity index (χ1v) is 8.18. The molecule has 1 atom stereocenters. The van der Waals surface area contributed by atoms with Crippen LogP contribution < -0.4 is 5.32 Å². The molecule has 0 aromatic heterocycles. The van der Waals surface area contributed by atoms with E-state index in [0.717, 1.165) is 17.9 Å². The highest BCUT2D eigenvalue weighted by molar-refractivity contribution is 5.02. The van der Waals surface area contributed by atoms with Crippen molar-refractivity contribution in [3.8, 4) is 0 Å². The van der Waals surface area contributed by atoms with E-state index in [2.05, 4.69) is 24.1 Å². The van der Waals surface area contributed by atoms with Gasteiger partial charge >= 0.3 is 0 Å². The van der Waals surface area contributed by atoms with E-state index in [4.69, 9.17) is 0 Å². The van der Waals surface area contributed by atoms with Crippen molar-refractivity contribution >= 4 is 0 Å². The van der Waals surface area contributed by atoms with Gasteiger partial charge in [0.25, 0.3) is 0 Å². The number of rotatable bonds is 4. The summed E-state index contributed by atoms with van der Waals surface area (Å²) in [5.41, 5.74) is 0.542. The van der Waals surface area contributed by atoms with Crippen LogP contribution in [0.1, 0.15) is 58.8 Å². The maximum atomic E-state index is 3.84. The first kappa shape index (κ1) is 12.9. The van der Waals surface area contributed by atoms with Crippen LogP contribution in [0.25, 0.3) is 0 Å². The lowest BCUT2D eigenvalue weighted by molar-refractivity contribution is 0.0310. The zero-order valence-electron chi connectivity index (χ0n) is 12.3. The summed E-state index contributed by atoms with van der Waals surface area (Å²) in [6, 6.07) is 0.718. The van der Waals surface area contributed by atoms with Crippen LogP contribution >= 0.6 is 0 Å². The third-order valence-corrected chi connectivity index (χ3v) is 5.62. The Morgan fingerprint density at radius 1 is 1.22 bits per heavy atom. The Hall–Kier alpha value is -0.0800. The van der Waals surface area contributed by atoms with Gasteiger partial charge in [-0.25, -0.2) is 0 Å². The summed E-state index contributed by atoms with van der Waals surface area (Å²) in [6.07, 6.45) is 10.3. The molecule has 3 aliphatic rings. The molecule has 104 valence electrons. The molecule has 1 spiro atoms. The monoisotopic (exact) mass is 250 g/mol. The summed E-state index contributed by atoms with van der Waals surface area (Å²) in [4.78, 5) is 2.89. The normalized spacial score (nSPS) is 32.5. The Bertz CT molecular complexity index is 277. The molecule has 0 aromatic carbocycles. The second-order valence-corrected chi connectivity index (χ2v) is 7.34. The lowest BCUT2D eigenvalue weighted by Gasteiger charge is -2.49. The molecule has 0 amide bonds. The summed E-state index contributed by atoms with van der Waals surface area (Å²) in [5.74, 6) is 1.85. The average molecular weight is 250 g/mol. The maximum absolute atomic E-state index is 3.84. The highest BCUT2D eigenvalue weighted by atomic mass is 15.3. The molecule has 0 radical (unpaired) electrons. The van der Waals surface area contributed by atoms with Crippen LogP contribution in [-0.4, -0.2) is 36.1 Å². The summed E-state index contributed by atoms with van der Waals surface area (Å²) in [5, 5.41) is 3.84. The smallest absolute Gasteiger partial charge is 0.0334 e. The molecule has 0 bridgehead atoms. The van der Waals surface area contributed by atoms with Crippen LogP contribution in [0, 0.1) is 11.8 Å². The van der Waals surface area contributed by atoms with Crippen LogP contribution in [0.15, 0.2) is 0 Å². The Kier molecular flexibility index (Phi) is 3.68. The lowest BCUT2D eigenvalue weighted by Crippen LogP contribution is -2.64. The van der Waals surface area contributed by atoms with Gasteiger partial charge in [0.1, 0.15) is 0 Å². The Morgan fingerprint density at radius 2 is 1.94 bits per heavy atom. The fraction of sp³-hybridized carbons (Fsp3) is 1.00. The average Bonchev–Trinajstić information content (AvgIpc) is 3.07. The van der Waals surface area contributed by atoms with Gasteiger partial charge in [0.2, 0.25) is 0 Å². The minimum atomic E-state index is 0.542. The zero-order chi connectivity index (χ0) is 12.6. The highest BCUT2D eigenvalue weighted by Crippen LogP contribution is 2.39. The van der Waals surface area contributed by atoms with Crippen LogP contribution in [0.2, 0.25) is 0 Å². The summed E-state index contributed by atoms with van der Waals surface area (Å²) in [6.45, 7) is 8.65. The first-order valence-electron chi connectivity index (χ1n) is 8.18. The third-order valence-electron chi connectivity index (χ3n) is 5.62. The molecule has 2 nitrogen and oxygen atoms in total. The van der Waals surface area contributed by atoms with Crippen molar-refractivity contribution in [3.05, 3.63) is 0 Å². The zero-order valence-corrected chi connectivity index (χ0v) is 12.3. The van der Waals surface area contributed by atoms with E-state index in [0.29, 0.717) is 5.54 Å². The highest BCUT2D eigenvalue weighted by Gasteiger charge is 2.43. The quantitative estimate of drug-likeness (QED) is 0.825. The molecule has 1 N–H and O–H groups in total. The maximum Gasteiger partial charge on any atom is 0.0334 e. The largest absolute Gasteiger partial charge is 0.311 e. The minimum Gasteiger partial charge on any atom is -0.311 e. The molecule has 18 heavy (non-hydrogen) atoms. The number of hydrogen-bond acceptors (Lipinski definition) is 2.